The number of aliphatic hydroxyl groups is 1. The van der Waals surface area contributed by atoms with Crippen molar-refractivity contribution in [2.24, 2.45) is 0 Å². The summed E-state index contributed by atoms with van der Waals surface area (Å²) >= 11 is 6.62. The van der Waals surface area contributed by atoms with Crippen LogP contribution in [0.3, 0.4) is 0 Å². The summed E-state index contributed by atoms with van der Waals surface area (Å²) in [6.45, 7) is 1.14. The van der Waals surface area contributed by atoms with E-state index in [0.717, 1.165) is 47.8 Å². The van der Waals surface area contributed by atoms with Crippen molar-refractivity contribution in [1.82, 2.24) is 4.98 Å². The lowest BCUT2D eigenvalue weighted by molar-refractivity contribution is -0.155. The second-order valence-corrected chi connectivity index (χ2v) is 6.57. The number of rotatable bonds is 4. The number of fused-ring (bicyclic) bond motifs is 2. The van der Waals surface area contributed by atoms with Crippen molar-refractivity contribution in [3.05, 3.63) is 34.5 Å². The Bertz CT molecular complexity index is 774. The molecule has 6 heteroatoms. The summed E-state index contributed by atoms with van der Waals surface area (Å²) in [4.78, 5) is 15.7. The molecule has 0 aliphatic heterocycles. The van der Waals surface area contributed by atoms with Gasteiger partial charge in [0, 0.05) is 16.8 Å². The van der Waals surface area contributed by atoms with Crippen LogP contribution in [0.2, 0.25) is 5.02 Å². The number of pyridine rings is 1. The first kappa shape index (κ1) is 16.0. The zero-order valence-electron chi connectivity index (χ0n) is 12.9. The molecule has 23 heavy (non-hydrogen) atoms. The van der Waals surface area contributed by atoms with Crippen LogP contribution in [0.1, 0.15) is 31.0 Å². The summed E-state index contributed by atoms with van der Waals surface area (Å²) < 4.78 is 0. The van der Waals surface area contributed by atoms with E-state index < -0.39 is 11.6 Å². The summed E-state index contributed by atoms with van der Waals surface area (Å²) in [6, 6.07) is 5.57. The highest BCUT2D eigenvalue weighted by Gasteiger charge is 2.30. The summed E-state index contributed by atoms with van der Waals surface area (Å²) in [7, 11) is 0. The van der Waals surface area contributed by atoms with Crippen LogP contribution in [0.4, 0.5) is 5.69 Å². The number of carbonyl (C=O) groups is 1. The van der Waals surface area contributed by atoms with Crippen molar-refractivity contribution in [2.75, 3.05) is 11.9 Å². The first-order valence-electron chi connectivity index (χ1n) is 7.70. The van der Waals surface area contributed by atoms with Crippen molar-refractivity contribution >= 4 is 34.2 Å². The molecule has 122 valence electrons. The molecule has 0 fully saturated rings. The molecule has 1 atom stereocenters. The quantitative estimate of drug-likeness (QED) is 0.800. The van der Waals surface area contributed by atoms with E-state index >= 15 is 0 Å². The summed E-state index contributed by atoms with van der Waals surface area (Å²) in [6.07, 6.45) is 4.08. The maximum Gasteiger partial charge on any atom is 0.337 e. The molecule has 1 aliphatic carbocycles. The van der Waals surface area contributed by atoms with Crippen LogP contribution < -0.4 is 5.32 Å². The van der Waals surface area contributed by atoms with Gasteiger partial charge in [-0.15, -0.1) is 0 Å². The Morgan fingerprint density at radius 2 is 2.13 bits per heavy atom. The van der Waals surface area contributed by atoms with Gasteiger partial charge in [-0.3, -0.25) is 4.98 Å². The number of nitrogens with zero attached hydrogens (tertiary/aromatic N) is 1. The molecule has 0 bridgehead atoms. The molecular formula is C17H19ClN2O3. The predicted molar refractivity (Wildman–Crippen MR) is 90.1 cm³/mol. The number of carboxylic acid groups (broad SMARTS) is 1. The van der Waals surface area contributed by atoms with Gasteiger partial charge in [-0.2, -0.15) is 0 Å². The van der Waals surface area contributed by atoms with Crippen LogP contribution >= 0.6 is 11.6 Å². The molecule has 1 heterocycles. The van der Waals surface area contributed by atoms with Gasteiger partial charge in [0.1, 0.15) is 0 Å². The van der Waals surface area contributed by atoms with Crippen molar-refractivity contribution < 1.29 is 15.0 Å². The van der Waals surface area contributed by atoms with E-state index in [4.69, 9.17) is 21.7 Å². The third-order valence-corrected chi connectivity index (χ3v) is 4.72. The summed E-state index contributed by atoms with van der Waals surface area (Å²) in [5.41, 5.74) is 1.77. The van der Waals surface area contributed by atoms with Crippen LogP contribution in [-0.2, 0) is 17.6 Å². The van der Waals surface area contributed by atoms with Crippen LogP contribution in [0.15, 0.2) is 18.2 Å². The van der Waals surface area contributed by atoms with Crippen molar-refractivity contribution in [1.29, 1.82) is 0 Å². The molecule has 3 rings (SSSR count). The largest absolute Gasteiger partial charge is 0.479 e. The number of aryl methyl sites for hydroxylation is 1. The van der Waals surface area contributed by atoms with Gasteiger partial charge in [-0.1, -0.05) is 17.7 Å². The average molecular weight is 335 g/mol. The number of aliphatic carboxylic acids is 1. The topological polar surface area (TPSA) is 82.5 Å². The molecule has 1 aliphatic rings. The van der Waals surface area contributed by atoms with Crippen LogP contribution in [-0.4, -0.2) is 33.3 Å². The van der Waals surface area contributed by atoms with Crippen molar-refractivity contribution in [3.8, 4) is 0 Å². The second-order valence-electron chi connectivity index (χ2n) is 6.19. The molecule has 0 amide bonds. The third kappa shape index (κ3) is 2.99. The number of benzene rings is 1. The Morgan fingerprint density at radius 1 is 1.39 bits per heavy atom. The smallest absolute Gasteiger partial charge is 0.337 e. The molecular weight excluding hydrogens is 316 g/mol. The lowest BCUT2D eigenvalue weighted by atomic mass is 9.94. The lowest BCUT2D eigenvalue weighted by Gasteiger charge is -2.22. The zero-order chi connectivity index (χ0) is 16.6. The number of aromatic nitrogens is 1. The Kier molecular flexibility index (Phi) is 4.17. The predicted octanol–water partition coefficient (Wildman–Crippen LogP) is 3.01. The number of halogens is 1. The number of hydrogen-bond donors (Lipinski definition) is 3. The molecule has 0 saturated carbocycles. The van der Waals surface area contributed by atoms with E-state index in [2.05, 4.69) is 5.32 Å². The minimum Gasteiger partial charge on any atom is -0.479 e. The van der Waals surface area contributed by atoms with E-state index in [0.29, 0.717) is 10.7 Å². The number of hydrogen-bond acceptors (Lipinski definition) is 4. The monoisotopic (exact) mass is 334 g/mol. The fourth-order valence-corrected chi connectivity index (χ4v) is 3.30. The molecule has 2 aromatic rings. The summed E-state index contributed by atoms with van der Waals surface area (Å²) in [5.74, 6) is -1.27. The van der Waals surface area contributed by atoms with E-state index in [9.17, 15) is 9.90 Å². The Labute approximate surface area is 139 Å². The molecule has 0 radical (unpaired) electrons. The normalized spacial score (nSPS) is 16.7. The standard InChI is InChI=1S/C17H19ClN2O3/c1-17(23,16(21)22)9-19-12-7-4-8-13-14(12)15(18)10-5-2-3-6-11(10)20-13/h4,7-8,19,23H,2-3,5-6,9H2,1H3,(H,21,22). The highest BCUT2D eigenvalue weighted by Crippen LogP contribution is 2.36. The molecule has 1 aromatic heterocycles. The van der Waals surface area contributed by atoms with Crippen molar-refractivity contribution in [2.45, 2.75) is 38.2 Å². The minimum absolute atomic E-state index is 0.116. The Morgan fingerprint density at radius 3 is 2.87 bits per heavy atom. The van der Waals surface area contributed by atoms with E-state index in [-0.39, 0.29) is 6.54 Å². The fourth-order valence-electron chi connectivity index (χ4n) is 2.90. The van der Waals surface area contributed by atoms with Gasteiger partial charge in [0.25, 0.3) is 0 Å². The zero-order valence-corrected chi connectivity index (χ0v) is 13.7. The summed E-state index contributed by atoms with van der Waals surface area (Å²) in [5, 5.41) is 23.4. The highest BCUT2D eigenvalue weighted by atomic mass is 35.5. The number of nitrogens with one attached hydrogen (secondary N) is 1. The fraction of sp³-hybridized carbons (Fsp3) is 0.412. The maximum absolute atomic E-state index is 11.0. The van der Waals surface area contributed by atoms with E-state index in [1.54, 1.807) is 0 Å². The highest BCUT2D eigenvalue weighted by molar-refractivity contribution is 6.37. The SMILES string of the molecule is CC(O)(CNc1cccc2nc3c(c(Cl)c12)CCCC3)C(=O)O. The number of anilines is 1. The minimum atomic E-state index is -1.85. The molecule has 0 spiro atoms. The van der Waals surface area contributed by atoms with E-state index in [1.807, 2.05) is 18.2 Å². The van der Waals surface area contributed by atoms with Crippen molar-refractivity contribution in [3.63, 3.8) is 0 Å². The Hall–Kier alpha value is -1.85. The van der Waals surface area contributed by atoms with Gasteiger partial charge >= 0.3 is 5.97 Å². The second kappa shape index (κ2) is 5.98. The molecule has 5 nitrogen and oxygen atoms in total. The van der Waals surface area contributed by atoms with Gasteiger partial charge in [0.2, 0.25) is 0 Å². The van der Waals surface area contributed by atoms with Crippen LogP contribution in [0.25, 0.3) is 10.9 Å². The molecule has 1 aromatic carbocycles. The molecule has 3 N–H and O–H groups in total. The average Bonchev–Trinajstić information content (AvgIpc) is 2.53. The number of carboxylic acids is 1. The van der Waals surface area contributed by atoms with Gasteiger partial charge in [0.15, 0.2) is 5.60 Å². The van der Waals surface area contributed by atoms with E-state index in [1.165, 1.54) is 6.92 Å². The Balaban J connectivity index is 2.03. The van der Waals surface area contributed by atoms with Crippen LogP contribution in [0.5, 0.6) is 0 Å². The maximum atomic E-state index is 11.0. The first-order valence-corrected chi connectivity index (χ1v) is 8.07. The lowest BCUT2D eigenvalue weighted by Crippen LogP contribution is -2.41. The van der Waals surface area contributed by atoms with Gasteiger partial charge < -0.3 is 15.5 Å². The molecule has 0 saturated heterocycles. The first-order chi connectivity index (χ1) is 10.9. The van der Waals surface area contributed by atoms with Crippen LogP contribution in [0, 0.1) is 0 Å². The van der Waals surface area contributed by atoms with Gasteiger partial charge in [0.05, 0.1) is 17.1 Å². The third-order valence-electron chi connectivity index (χ3n) is 4.30. The van der Waals surface area contributed by atoms with Gasteiger partial charge in [-0.05, 0) is 50.3 Å². The van der Waals surface area contributed by atoms with Gasteiger partial charge in [-0.25, -0.2) is 4.79 Å². The molecule has 1 unspecified atom stereocenters.